The summed E-state index contributed by atoms with van der Waals surface area (Å²) in [6.45, 7) is 14.3. The van der Waals surface area contributed by atoms with Gasteiger partial charge in [0.15, 0.2) is 0 Å². The van der Waals surface area contributed by atoms with E-state index < -0.39 is 43.2 Å². The summed E-state index contributed by atoms with van der Waals surface area (Å²) >= 11 is 0. The third kappa shape index (κ3) is 7.82. The Morgan fingerprint density at radius 1 is 0.933 bits per heavy atom. The predicted octanol–water partition coefficient (Wildman–Crippen LogP) is 3.01. The highest BCUT2D eigenvalue weighted by Crippen LogP contribution is 2.65. The van der Waals surface area contributed by atoms with Crippen molar-refractivity contribution in [2.75, 3.05) is 13.6 Å². The Hall–Kier alpha value is -3.12. The van der Waals surface area contributed by atoms with Gasteiger partial charge in [-0.1, -0.05) is 71.9 Å². The Labute approximate surface area is 267 Å². The van der Waals surface area contributed by atoms with Crippen LogP contribution in [0.2, 0.25) is 0 Å². The van der Waals surface area contributed by atoms with Gasteiger partial charge in [0.05, 0.1) is 25.3 Å². The summed E-state index contributed by atoms with van der Waals surface area (Å²) < 4.78 is 17.4. The molecule has 4 fully saturated rings. The molecule has 4 unspecified atom stereocenters. The Morgan fingerprint density at radius 3 is 2.20 bits per heavy atom. The molecule has 12 heteroatoms. The molecule has 0 aromatic heterocycles. The average Bonchev–Trinajstić information content (AvgIpc) is 3.33. The summed E-state index contributed by atoms with van der Waals surface area (Å²) in [6.07, 6.45) is 2.12. The van der Waals surface area contributed by atoms with E-state index in [4.69, 9.17) is 9.31 Å². The lowest BCUT2D eigenvalue weighted by Crippen LogP contribution is -2.65. The quantitative estimate of drug-likeness (QED) is 0.247. The van der Waals surface area contributed by atoms with Crippen molar-refractivity contribution in [1.29, 1.82) is 0 Å². The normalized spacial score (nSPS) is 26.6. The maximum Gasteiger partial charge on any atom is 0.478 e. The molecule has 45 heavy (non-hydrogen) atoms. The largest absolute Gasteiger partial charge is 0.478 e. The van der Waals surface area contributed by atoms with E-state index in [0.29, 0.717) is 18.3 Å². The Kier molecular flexibility index (Phi) is 10.9. The van der Waals surface area contributed by atoms with Gasteiger partial charge < -0.3 is 35.3 Å². The van der Waals surface area contributed by atoms with E-state index >= 15 is 0 Å². The molecule has 4 amide bonds. The van der Waals surface area contributed by atoms with Gasteiger partial charge in [0, 0.05) is 6.42 Å². The number of methoxy groups -OCH3 is 1. The molecule has 5 rings (SSSR count). The highest BCUT2D eigenvalue weighted by Gasteiger charge is 2.67. The molecule has 1 aromatic carbocycles. The van der Waals surface area contributed by atoms with Gasteiger partial charge in [0.25, 0.3) is 0 Å². The highest BCUT2D eigenvalue weighted by molar-refractivity contribution is 6.46. The van der Waals surface area contributed by atoms with Gasteiger partial charge in [-0.05, 0) is 60.8 Å². The van der Waals surface area contributed by atoms with Crippen LogP contribution in [0.15, 0.2) is 30.3 Å². The number of rotatable bonds is 13. The fourth-order valence-corrected chi connectivity index (χ4v) is 7.36. The minimum atomic E-state index is -0.998. The van der Waals surface area contributed by atoms with Crippen LogP contribution < -0.4 is 21.3 Å². The van der Waals surface area contributed by atoms with Crippen LogP contribution in [0.1, 0.15) is 73.3 Å². The molecule has 0 spiro atoms. The van der Waals surface area contributed by atoms with Crippen molar-refractivity contribution in [3.05, 3.63) is 35.9 Å². The van der Waals surface area contributed by atoms with Crippen LogP contribution in [0.3, 0.4) is 0 Å². The molecule has 2 bridgehead atoms. The first-order valence-corrected chi connectivity index (χ1v) is 16.3. The minimum Gasteiger partial charge on any atom is -0.453 e. The molecule has 3 saturated carbocycles. The number of hydrogen-bond acceptors (Lipinski definition) is 7. The molecule has 1 heterocycles. The number of amides is 4. The molecule has 4 aliphatic rings. The van der Waals surface area contributed by atoms with Gasteiger partial charge in [0.1, 0.15) is 18.1 Å². The lowest BCUT2D eigenvalue weighted by molar-refractivity contribution is -0.199. The van der Waals surface area contributed by atoms with Gasteiger partial charge >= 0.3 is 13.2 Å². The predicted molar refractivity (Wildman–Crippen MR) is 171 cm³/mol. The van der Waals surface area contributed by atoms with Gasteiger partial charge in [-0.25, -0.2) is 4.79 Å². The zero-order valence-electron chi connectivity index (χ0n) is 28.0. The Morgan fingerprint density at radius 2 is 1.60 bits per heavy atom. The van der Waals surface area contributed by atoms with Crippen molar-refractivity contribution in [2.45, 2.75) is 104 Å². The molecule has 1 aromatic rings. The van der Waals surface area contributed by atoms with Crippen molar-refractivity contribution in [3.63, 3.8) is 0 Å². The third-order valence-electron chi connectivity index (χ3n) is 10.1. The first-order valence-electron chi connectivity index (χ1n) is 16.3. The standard InChI is InChI=1S/C33H51BN4O7/c1-19(2)14-23(28(39)35-18-34-44-26-17-22-16-25(32(22,5)6)33(26,7)45-34)36-29(40)24(15-21-12-10-9-11-13-21)37-30(41)27(20(3)4)38-31(42)43-8/h9-13,19-20,22-27H,14-18H2,1-8H3,(H,35,39)(H,36,40)(H,37,41)(H,38,42)/t22-,23?,24?,25?,26+,27?,33-/m0/s1. The number of carbonyl (C=O) groups excluding carboxylic acids is 4. The monoisotopic (exact) mass is 626 g/mol. The molecular weight excluding hydrogens is 575 g/mol. The van der Waals surface area contributed by atoms with Crippen LogP contribution in [0.4, 0.5) is 4.79 Å². The molecule has 3 aliphatic carbocycles. The molecule has 1 aliphatic heterocycles. The number of carbonyl (C=O) groups is 4. The highest BCUT2D eigenvalue weighted by atomic mass is 16.7. The second-order valence-electron chi connectivity index (χ2n) is 14.4. The Bertz CT molecular complexity index is 1230. The van der Waals surface area contributed by atoms with Crippen LogP contribution in [0, 0.1) is 29.1 Å². The Balaban J connectivity index is 1.42. The molecule has 0 radical (unpaired) electrons. The minimum absolute atomic E-state index is 0.00744. The van der Waals surface area contributed by atoms with Crippen LogP contribution in [0.25, 0.3) is 0 Å². The van der Waals surface area contributed by atoms with Gasteiger partial charge in [-0.2, -0.15) is 0 Å². The molecule has 248 valence electrons. The fourth-order valence-electron chi connectivity index (χ4n) is 7.36. The third-order valence-corrected chi connectivity index (χ3v) is 10.1. The second kappa shape index (κ2) is 14.1. The molecule has 7 atom stereocenters. The summed E-state index contributed by atoms with van der Waals surface area (Å²) in [5.74, 6) is -0.493. The number of nitrogens with one attached hydrogen (secondary N) is 4. The van der Waals surface area contributed by atoms with Crippen molar-refractivity contribution < 1.29 is 33.2 Å². The number of benzene rings is 1. The van der Waals surface area contributed by atoms with Crippen LogP contribution in [-0.4, -0.2) is 74.3 Å². The molecule has 4 N–H and O–H groups in total. The van der Waals surface area contributed by atoms with Crippen molar-refractivity contribution in [1.82, 2.24) is 21.3 Å². The summed E-state index contributed by atoms with van der Waals surface area (Å²) in [4.78, 5) is 52.5. The van der Waals surface area contributed by atoms with Crippen molar-refractivity contribution in [3.8, 4) is 0 Å². The first-order chi connectivity index (χ1) is 21.1. The van der Waals surface area contributed by atoms with E-state index in [9.17, 15) is 19.2 Å². The van der Waals surface area contributed by atoms with Gasteiger partial charge in [-0.15, -0.1) is 0 Å². The zero-order valence-corrected chi connectivity index (χ0v) is 28.0. The lowest BCUT2D eigenvalue weighted by Gasteiger charge is -2.64. The smallest absolute Gasteiger partial charge is 0.453 e. The van der Waals surface area contributed by atoms with E-state index in [0.717, 1.165) is 18.4 Å². The molecule has 1 saturated heterocycles. The average molecular weight is 627 g/mol. The van der Waals surface area contributed by atoms with E-state index in [1.807, 2.05) is 44.2 Å². The lowest BCUT2D eigenvalue weighted by atomic mass is 9.43. The van der Waals surface area contributed by atoms with E-state index in [1.54, 1.807) is 13.8 Å². The summed E-state index contributed by atoms with van der Waals surface area (Å²) in [7, 11) is 0.660. The fraction of sp³-hybridized carbons (Fsp3) is 0.697. The molecule has 11 nitrogen and oxygen atoms in total. The maximum atomic E-state index is 13.8. The number of ether oxygens (including phenoxy) is 1. The van der Waals surface area contributed by atoms with Crippen LogP contribution in [0.5, 0.6) is 0 Å². The van der Waals surface area contributed by atoms with Gasteiger partial charge in [0.2, 0.25) is 17.7 Å². The SMILES string of the molecule is COC(=O)NC(C(=O)NC(Cc1ccccc1)C(=O)NC(CC(C)C)C(=O)NCB1O[C@@H]2C[C@@H]3CC(C3(C)C)[C@]2(C)O1)C(C)C. The zero-order chi connectivity index (χ0) is 33.1. The number of alkyl carbamates (subject to hydrolysis) is 1. The van der Waals surface area contributed by atoms with Gasteiger partial charge in [-0.3, -0.25) is 14.4 Å². The van der Waals surface area contributed by atoms with E-state index in [-0.39, 0.29) is 47.7 Å². The van der Waals surface area contributed by atoms with Crippen LogP contribution in [-0.2, 0) is 34.9 Å². The van der Waals surface area contributed by atoms with E-state index in [2.05, 4.69) is 46.8 Å². The number of hydrogen-bond donors (Lipinski definition) is 4. The second-order valence-corrected chi connectivity index (χ2v) is 14.4. The summed E-state index contributed by atoms with van der Waals surface area (Å²) in [5, 5.41) is 11.2. The summed E-state index contributed by atoms with van der Waals surface area (Å²) in [6, 6.07) is 6.54. The topological polar surface area (TPSA) is 144 Å². The van der Waals surface area contributed by atoms with Crippen molar-refractivity contribution in [2.24, 2.45) is 29.1 Å². The summed E-state index contributed by atoms with van der Waals surface area (Å²) in [5.41, 5.74) is 0.672. The van der Waals surface area contributed by atoms with Crippen molar-refractivity contribution >= 4 is 30.9 Å². The first kappa shape index (κ1) is 34.8. The van der Waals surface area contributed by atoms with E-state index in [1.165, 1.54) is 7.11 Å². The van der Waals surface area contributed by atoms with Crippen LogP contribution >= 0.6 is 0 Å². The molecular formula is C33H51BN4O7. The maximum absolute atomic E-state index is 13.8.